The SMILES string of the molecule is Cc1ccc(NC(=O)[C@@H]2CCC(=O)N2[C@@H]2OC(=O)c3ccccc32)cc1C. The van der Waals surface area contributed by atoms with Gasteiger partial charge in [-0.25, -0.2) is 4.79 Å². The van der Waals surface area contributed by atoms with Crippen LogP contribution in [-0.2, 0) is 14.3 Å². The number of amides is 2. The first-order valence-electron chi connectivity index (χ1n) is 8.95. The van der Waals surface area contributed by atoms with Gasteiger partial charge in [0.15, 0.2) is 0 Å². The van der Waals surface area contributed by atoms with Crippen molar-refractivity contribution in [1.29, 1.82) is 0 Å². The maximum Gasteiger partial charge on any atom is 0.340 e. The highest BCUT2D eigenvalue weighted by Gasteiger charge is 2.46. The fraction of sp³-hybridized carbons (Fsp3) is 0.286. The second-order valence-electron chi connectivity index (χ2n) is 6.99. The Hall–Kier alpha value is -3.15. The molecule has 0 saturated carbocycles. The summed E-state index contributed by atoms with van der Waals surface area (Å²) in [7, 11) is 0. The molecule has 6 nitrogen and oxygen atoms in total. The molecule has 1 N–H and O–H groups in total. The Kier molecular flexibility index (Phi) is 4.18. The molecule has 2 aromatic carbocycles. The molecule has 0 bridgehead atoms. The topological polar surface area (TPSA) is 75.7 Å². The summed E-state index contributed by atoms with van der Waals surface area (Å²) < 4.78 is 5.44. The van der Waals surface area contributed by atoms with Gasteiger partial charge in [-0.3, -0.25) is 14.5 Å². The van der Waals surface area contributed by atoms with Crippen LogP contribution in [0.3, 0.4) is 0 Å². The number of nitrogens with zero attached hydrogens (tertiary/aromatic N) is 1. The molecule has 2 atom stereocenters. The highest BCUT2D eigenvalue weighted by Crippen LogP contribution is 2.38. The monoisotopic (exact) mass is 364 g/mol. The molecule has 0 aliphatic carbocycles. The van der Waals surface area contributed by atoms with Crippen molar-refractivity contribution >= 4 is 23.5 Å². The number of carbonyl (C=O) groups is 3. The van der Waals surface area contributed by atoms with E-state index in [0.717, 1.165) is 11.1 Å². The molecular weight excluding hydrogens is 344 g/mol. The molecule has 1 fully saturated rings. The number of benzene rings is 2. The molecule has 138 valence electrons. The second-order valence-corrected chi connectivity index (χ2v) is 6.99. The number of anilines is 1. The minimum Gasteiger partial charge on any atom is -0.433 e. The largest absolute Gasteiger partial charge is 0.433 e. The fourth-order valence-electron chi connectivity index (χ4n) is 3.63. The van der Waals surface area contributed by atoms with Gasteiger partial charge in [-0.2, -0.15) is 0 Å². The van der Waals surface area contributed by atoms with E-state index in [0.29, 0.717) is 23.2 Å². The highest BCUT2D eigenvalue weighted by atomic mass is 16.6. The van der Waals surface area contributed by atoms with E-state index in [9.17, 15) is 14.4 Å². The number of rotatable bonds is 3. The lowest BCUT2D eigenvalue weighted by Gasteiger charge is -2.29. The van der Waals surface area contributed by atoms with Crippen LogP contribution in [0.15, 0.2) is 42.5 Å². The first-order valence-corrected chi connectivity index (χ1v) is 8.95. The third kappa shape index (κ3) is 2.97. The van der Waals surface area contributed by atoms with Crippen LogP contribution >= 0.6 is 0 Å². The summed E-state index contributed by atoms with van der Waals surface area (Å²) in [6, 6.07) is 12.0. The molecule has 0 unspecified atom stereocenters. The molecule has 0 aromatic heterocycles. The summed E-state index contributed by atoms with van der Waals surface area (Å²) in [6.07, 6.45) is -0.202. The number of esters is 1. The molecule has 1 saturated heterocycles. The molecule has 2 aliphatic rings. The average Bonchev–Trinajstić information content (AvgIpc) is 3.19. The zero-order valence-corrected chi connectivity index (χ0v) is 15.2. The van der Waals surface area contributed by atoms with Crippen LogP contribution in [0, 0.1) is 13.8 Å². The molecule has 0 radical (unpaired) electrons. The van der Waals surface area contributed by atoms with Gasteiger partial charge in [0.2, 0.25) is 18.0 Å². The molecule has 2 aromatic rings. The van der Waals surface area contributed by atoms with Gasteiger partial charge in [0, 0.05) is 17.7 Å². The maximum atomic E-state index is 12.9. The van der Waals surface area contributed by atoms with Crippen LogP contribution in [0.4, 0.5) is 5.69 Å². The zero-order chi connectivity index (χ0) is 19.1. The number of aryl methyl sites for hydroxylation is 2. The molecule has 4 rings (SSSR count). The number of cyclic esters (lactones) is 1. The summed E-state index contributed by atoms with van der Waals surface area (Å²) in [5.41, 5.74) is 3.97. The number of ether oxygens (including phenoxy) is 1. The quantitative estimate of drug-likeness (QED) is 0.849. The Morgan fingerprint density at radius 2 is 1.89 bits per heavy atom. The lowest BCUT2D eigenvalue weighted by molar-refractivity contribution is -0.144. The summed E-state index contributed by atoms with van der Waals surface area (Å²) in [5, 5.41) is 2.89. The van der Waals surface area contributed by atoms with E-state index in [-0.39, 0.29) is 18.2 Å². The van der Waals surface area contributed by atoms with Crippen LogP contribution in [0.25, 0.3) is 0 Å². The van der Waals surface area contributed by atoms with Crippen molar-refractivity contribution in [2.24, 2.45) is 0 Å². The Balaban J connectivity index is 1.59. The molecule has 2 heterocycles. The van der Waals surface area contributed by atoms with E-state index in [2.05, 4.69) is 5.32 Å². The Morgan fingerprint density at radius 3 is 2.67 bits per heavy atom. The predicted molar refractivity (Wildman–Crippen MR) is 99.0 cm³/mol. The van der Waals surface area contributed by atoms with E-state index in [1.54, 1.807) is 24.3 Å². The van der Waals surface area contributed by atoms with Crippen LogP contribution in [0.5, 0.6) is 0 Å². The average molecular weight is 364 g/mol. The van der Waals surface area contributed by atoms with Crippen LogP contribution in [0.1, 0.15) is 46.1 Å². The molecular formula is C21H20N2O4. The van der Waals surface area contributed by atoms with Crippen molar-refractivity contribution in [2.75, 3.05) is 5.32 Å². The van der Waals surface area contributed by atoms with Gasteiger partial charge in [0.05, 0.1) is 5.56 Å². The normalized spacial score (nSPS) is 21.2. The molecule has 2 aliphatic heterocycles. The summed E-state index contributed by atoms with van der Waals surface area (Å²) in [4.78, 5) is 38.9. The number of hydrogen-bond donors (Lipinski definition) is 1. The van der Waals surface area contributed by atoms with Gasteiger partial charge in [-0.1, -0.05) is 24.3 Å². The van der Waals surface area contributed by atoms with Crippen molar-refractivity contribution in [3.8, 4) is 0 Å². The van der Waals surface area contributed by atoms with Gasteiger partial charge in [-0.15, -0.1) is 0 Å². The van der Waals surface area contributed by atoms with E-state index in [4.69, 9.17) is 4.74 Å². The minimum absolute atomic E-state index is 0.190. The summed E-state index contributed by atoms with van der Waals surface area (Å²) in [5.74, 6) is -0.933. The zero-order valence-electron chi connectivity index (χ0n) is 15.2. The maximum absolute atomic E-state index is 12.9. The van der Waals surface area contributed by atoms with Crippen LogP contribution in [0.2, 0.25) is 0 Å². The highest BCUT2D eigenvalue weighted by molar-refractivity contribution is 6.00. The summed E-state index contributed by atoms with van der Waals surface area (Å²) in [6.45, 7) is 3.98. The van der Waals surface area contributed by atoms with Crippen LogP contribution < -0.4 is 5.32 Å². The van der Waals surface area contributed by atoms with E-state index < -0.39 is 18.2 Å². The van der Waals surface area contributed by atoms with E-state index >= 15 is 0 Å². The number of hydrogen-bond acceptors (Lipinski definition) is 4. The lowest BCUT2D eigenvalue weighted by Crippen LogP contribution is -2.43. The Bertz CT molecular complexity index is 953. The number of carbonyl (C=O) groups excluding carboxylic acids is 3. The molecule has 6 heteroatoms. The number of fused-ring (bicyclic) bond motifs is 1. The summed E-state index contributed by atoms with van der Waals surface area (Å²) >= 11 is 0. The third-order valence-corrected chi connectivity index (χ3v) is 5.25. The van der Waals surface area contributed by atoms with Crippen molar-refractivity contribution in [2.45, 2.75) is 39.0 Å². The smallest absolute Gasteiger partial charge is 0.340 e. The Morgan fingerprint density at radius 1 is 1.11 bits per heavy atom. The van der Waals surface area contributed by atoms with Gasteiger partial charge < -0.3 is 10.1 Å². The van der Waals surface area contributed by atoms with Crippen molar-refractivity contribution in [3.63, 3.8) is 0 Å². The van der Waals surface area contributed by atoms with E-state index in [1.165, 1.54) is 4.90 Å². The minimum atomic E-state index is -0.848. The first-order chi connectivity index (χ1) is 13.0. The number of nitrogens with one attached hydrogen (secondary N) is 1. The van der Waals surface area contributed by atoms with Gasteiger partial charge in [-0.05, 0) is 49.6 Å². The molecule has 0 spiro atoms. The first kappa shape index (κ1) is 17.3. The standard InChI is InChI=1S/C21H20N2O4/c1-12-7-8-14(11-13(12)2)22-19(25)17-9-10-18(24)23(17)20-15-5-3-4-6-16(15)21(26)27-20/h3-8,11,17,20H,9-10H2,1-2H3,(H,22,25)/t17-,20+/m0/s1. The fourth-order valence-corrected chi connectivity index (χ4v) is 3.63. The Labute approximate surface area is 157 Å². The third-order valence-electron chi connectivity index (χ3n) is 5.25. The van der Waals surface area contributed by atoms with Crippen molar-refractivity contribution in [1.82, 2.24) is 4.90 Å². The second kappa shape index (κ2) is 6.54. The van der Waals surface area contributed by atoms with Crippen molar-refractivity contribution in [3.05, 3.63) is 64.7 Å². The number of likely N-dealkylation sites (tertiary alicyclic amines) is 1. The lowest BCUT2D eigenvalue weighted by atomic mass is 10.1. The van der Waals surface area contributed by atoms with Crippen LogP contribution in [-0.4, -0.2) is 28.7 Å². The van der Waals surface area contributed by atoms with E-state index in [1.807, 2.05) is 32.0 Å². The van der Waals surface area contributed by atoms with Gasteiger partial charge in [0.25, 0.3) is 0 Å². The predicted octanol–water partition coefficient (Wildman–Crippen LogP) is 3.10. The van der Waals surface area contributed by atoms with Gasteiger partial charge >= 0.3 is 5.97 Å². The van der Waals surface area contributed by atoms with Gasteiger partial charge in [0.1, 0.15) is 6.04 Å². The molecule has 27 heavy (non-hydrogen) atoms. The molecule has 2 amide bonds. The van der Waals surface area contributed by atoms with Crippen molar-refractivity contribution < 1.29 is 19.1 Å².